The first-order valence-electron chi connectivity index (χ1n) is 18.7. The fraction of sp³-hybridized carbons (Fsp3) is 0.538. The Bertz CT molecular complexity index is 2210. The summed E-state index contributed by atoms with van der Waals surface area (Å²) in [5.41, 5.74) is -1.90. The number of ether oxygens (including phenoxy) is 5. The third-order valence-corrected chi connectivity index (χ3v) is 11.6. The van der Waals surface area contributed by atoms with Gasteiger partial charge in [-0.15, -0.1) is 0 Å². The van der Waals surface area contributed by atoms with Crippen LogP contribution in [0.3, 0.4) is 0 Å². The fourth-order valence-electron chi connectivity index (χ4n) is 9.32. The molecule has 5 atom stereocenters. The molecule has 0 saturated carbocycles. The second kappa shape index (κ2) is 13.2. The Labute approximate surface area is 314 Å². The number of pyridine rings is 1. The van der Waals surface area contributed by atoms with E-state index in [2.05, 4.69) is 14.9 Å². The third kappa shape index (κ3) is 6.03. The summed E-state index contributed by atoms with van der Waals surface area (Å²) in [6, 6.07) is 4.09. The van der Waals surface area contributed by atoms with Crippen LogP contribution in [0.4, 0.5) is 28.2 Å². The number of methoxy groups -OCH3 is 1. The van der Waals surface area contributed by atoms with Gasteiger partial charge in [-0.1, -0.05) is 6.07 Å². The highest BCUT2D eigenvalue weighted by atomic mass is 19.2. The van der Waals surface area contributed by atoms with Gasteiger partial charge in [0.05, 0.1) is 23.7 Å². The van der Waals surface area contributed by atoms with Crippen molar-refractivity contribution in [1.29, 1.82) is 0 Å². The summed E-state index contributed by atoms with van der Waals surface area (Å²) in [4.78, 5) is 33.5. The van der Waals surface area contributed by atoms with Crippen LogP contribution in [0, 0.1) is 17.5 Å². The van der Waals surface area contributed by atoms with Crippen LogP contribution < -0.4 is 19.1 Å². The zero-order valence-electron chi connectivity index (χ0n) is 31.0. The van der Waals surface area contributed by atoms with Crippen LogP contribution in [-0.2, 0) is 9.47 Å². The molecule has 292 valence electrons. The number of carbonyl (C=O) groups excluding carboxylic acids is 1. The number of benzene rings is 2. The first-order valence-corrected chi connectivity index (χ1v) is 18.7. The molecule has 0 radical (unpaired) electrons. The van der Waals surface area contributed by atoms with Gasteiger partial charge in [-0.2, -0.15) is 9.97 Å². The smallest absolute Gasteiger partial charge is 0.410 e. The maximum Gasteiger partial charge on any atom is 0.410 e. The first kappa shape index (κ1) is 36.0. The van der Waals surface area contributed by atoms with Crippen molar-refractivity contribution >= 4 is 33.6 Å². The predicted molar refractivity (Wildman–Crippen MR) is 193 cm³/mol. The molecule has 0 spiro atoms. The molecule has 5 aliphatic rings. The standard InChI is InChI=1S/C39H42F4N6O6/c1-38(2,3)55-37(50)49-22-7-9-26(49)27-17-52-35-29-33(45-36(46-34(29)48(27)16-22)53-18-39-10-5-11-47(39)15-21(40)14-39)31(43)32(44-35)24-13-23(54-19-51-4)12-20-6-8-25(41)30(42)28(20)24/h6,8,12-13,21-22,26-27H,5,7,9-11,14-19H2,1-4H3/t21-,22+,26-,27+,39-/m1/s1. The van der Waals surface area contributed by atoms with Gasteiger partial charge < -0.3 is 28.6 Å². The van der Waals surface area contributed by atoms with Crippen molar-refractivity contribution in [3.8, 4) is 28.9 Å². The van der Waals surface area contributed by atoms with Crippen LogP contribution in [0.25, 0.3) is 32.9 Å². The molecule has 5 aliphatic heterocycles. The minimum Gasteiger partial charge on any atom is -0.475 e. The lowest BCUT2D eigenvalue weighted by molar-refractivity contribution is 0.00537. The maximum atomic E-state index is 17.4. The van der Waals surface area contributed by atoms with Gasteiger partial charge in [0.25, 0.3) is 0 Å². The van der Waals surface area contributed by atoms with E-state index in [9.17, 15) is 13.6 Å². The molecule has 2 aromatic heterocycles. The van der Waals surface area contributed by atoms with E-state index >= 15 is 8.78 Å². The Balaban J connectivity index is 1.20. The van der Waals surface area contributed by atoms with E-state index in [1.54, 1.807) is 4.90 Å². The van der Waals surface area contributed by atoms with Crippen molar-refractivity contribution in [3.63, 3.8) is 0 Å². The van der Waals surface area contributed by atoms with Gasteiger partial charge in [0.2, 0.25) is 5.88 Å². The van der Waals surface area contributed by atoms with Crippen LogP contribution in [0.2, 0.25) is 0 Å². The molecule has 2 bridgehead atoms. The van der Waals surface area contributed by atoms with E-state index in [1.807, 2.05) is 25.7 Å². The molecule has 0 unspecified atom stereocenters. The minimum absolute atomic E-state index is 0.0214. The fourth-order valence-corrected chi connectivity index (χ4v) is 9.32. The molecule has 2 aromatic carbocycles. The number of halogens is 4. The average Bonchev–Trinajstić information content (AvgIpc) is 3.75. The lowest BCUT2D eigenvalue weighted by Gasteiger charge is -2.46. The number of hydrogen-bond donors (Lipinski definition) is 0. The van der Waals surface area contributed by atoms with Crippen LogP contribution in [0.5, 0.6) is 17.6 Å². The number of hydrogen-bond acceptors (Lipinski definition) is 11. The molecule has 4 saturated heterocycles. The topological polar surface area (TPSA) is 112 Å². The van der Waals surface area contributed by atoms with Gasteiger partial charge in [-0.3, -0.25) is 9.80 Å². The summed E-state index contributed by atoms with van der Waals surface area (Å²) in [6.45, 7) is 6.84. The van der Waals surface area contributed by atoms with Crippen molar-refractivity contribution in [2.24, 2.45) is 0 Å². The molecule has 7 heterocycles. The number of anilines is 1. The normalized spacial score (nSPS) is 25.9. The number of rotatable bonds is 7. The number of aromatic nitrogens is 3. The molecular formula is C39H42F4N6O6. The molecule has 1 amide bonds. The Morgan fingerprint density at radius 2 is 1.85 bits per heavy atom. The van der Waals surface area contributed by atoms with Crippen molar-refractivity contribution < 1.29 is 46.0 Å². The SMILES string of the molecule is COCOc1cc(-c2nc3c4c(nc(OC[C@]56CCCN5C[C@H](F)C6)nc4c2F)N2C[C@@H]4CC[C@H]([C@@H]2CO3)N4C(=O)OC(C)(C)C)c2c(F)c(F)ccc2c1. The van der Waals surface area contributed by atoms with E-state index in [4.69, 9.17) is 28.7 Å². The highest BCUT2D eigenvalue weighted by Crippen LogP contribution is 2.47. The predicted octanol–water partition coefficient (Wildman–Crippen LogP) is 6.55. The molecule has 4 fully saturated rings. The van der Waals surface area contributed by atoms with E-state index in [-0.39, 0.29) is 82.7 Å². The van der Waals surface area contributed by atoms with Gasteiger partial charge in [-0.05, 0) is 76.6 Å². The monoisotopic (exact) mass is 766 g/mol. The van der Waals surface area contributed by atoms with Gasteiger partial charge >= 0.3 is 12.1 Å². The van der Waals surface area contributed by atoms with Gasteiger partial charge in [0, 0.05) is 37.6 Å². The third-order valence-electron chi connectivity index (χ3n) is 11.6. The zero-order valence-corrected chi connectivity index (χ0v) is 31.0. The minimum atomic E-state index is -1.19. The Morgan fingerprint density at radius 1 is 1.02 bits per heavy atom. The van der Waals surface area contributed by atoms with Crippen molar-refractivity contribution in [3.05, 3.63) is 41.7 Å². The molecule has 0 aliphatic carbocycles. The van der Waals surface area contributed by atoms with E-state index in [1.165, 1.54) is 25.3 Å². The summed E-state index contributed by atoms with van der Waals surface area (Å²) < 4.78 is 91.8. The summed E-state index contributed by atoms with van der Waals surface area (Å²) >= 11 is 0. The number of fused-ring (bicyclic) bond motifs is 7. The lowest BCUT2D eigenvalue weighted by atomic mass is 9.95. The quantitative estimate of drug-likeness (QED) is 0.151. The van der Waals surface area contributed by atoms with Crippen LogP contribution in [0.15, 0.2) is 24.3 Å². The number of carbonyl (C=O) groups is 1. The summed E-state index contributed by atoms with van der Waals surface area (Å²) in [7, 11) is 1.43. The molecule has 0 N–H and O–H groups in total. The van der Waals surface area contributed by atoms with E-state index < -0.39 is 46.9 Å². The molecular weight excluding hydrogens is 724 g/mol. The Hall–Kier alpha value is -4.70. The first-order chi connectivity index (χ1) is 26.3. The highest BCUT2D eigenvalue weighted by Gasteiger charge is 2.52. The lowest BCUT2D eigenvalue weighted by Crippen LogP contribution is -2.63. The molecule has 55 heavy (non-hydrogen) atoms. The number of amides is 1. The average molecular weight is 767 g/mol. The van der Waals surface area contributed by atoms with Gasteiger partial charge in [0.15, 0.2) is 24.2 Å². The second-order valence-electron chi connectivity index (χ2n) is 16.2. The van der Waals surface area contributed by atoms with Crippen molar-refractivity contribution in [1.82, 2.24) is 24.8 Å². The van der Waals surface area contributed by atoms with E-state index in [0.29, 0.717) is 38.2 Å². The van der Waals surface area contributed by atoms with Gasteiger partial charge in [-0.25, -0.2) is 27.3 Å². The molecule has 12 nitrogen and oxygen atoms in total. The second-order valence-corrected chi connectivity index (χ2v) is 16.2. The van der Waals surface area contributed by atoms with Crippen molar-refractivity contribution in [2.45, 2.75) is 88.3 Å². The maximum absolute atomic E-state index is 17.4. The number of alkyl halides is 1. The summed E-state index contributed by atoms with van der Waals surface area (Å²) in [5.74, 6) is -2.76. The molecule has 9 rings (SSSR count). The molecule has 16 heteroatoms. The Kier molecular flexibility index (Phi) is 8.64. The van der Waals surface area contributed by atoms with Crippen LogP contribution in [0.1, 0.15) is 52.9 Å². The van der Waals surface area contributed by atoms with Crippen LogP contribution >= 0.6 is 0 Å². The number of piperazine rings is 1. The number of nitrogens with zero attached hydrogens (tertiary/aromatic N) is 6. The molecule has 4 aromatic rings. The zero-order chi connectivity index (χ0) is 38.4. The summed E-state index contributed by atoms with van der Waals surface area (Å²) in [5, 5.41) is 0.197. The van der Waals surface area contributed by atoms with Crippen molar-refractivity contribution in [2.75, 3.05) is 51.7 Å². The summed E-state index contributed by atoms with van der Waals surface area (Å²) in [6.07, 6.45) is 1.92. The highest BCUT2D eigenvalue weighted by molar-refractivity contribution is 6.02. The van der Waals surface area contributed by atoms with Crippen LogP contribution in [-0.4, -0.2) is 113 Å². The van der Waals surface area contributed by atoms with Gasteiger partial charge in [0.1, 0.15) is 53.2 Å². The van der Waals surface area contributed by atoms with E-state index in [0.717, 1.165) is 25.5 Å². The Morgan fingerprint density at radius 3 is 2.65 bits per heavy atom. The largest absolute Gasteiger partial charge is 0.475 e.